The summed E-state index contributed by atoms with van der Waals surface area (Å²) < 4.78 is 6.38. The number of aromatic nitrogens is 1. The van der Waals surface area contributed by atoms with E-state index in [1.165, 1.54) is 36.8 Å². The van der Waals surface area contributed by atoms with Crippen molar-refractivity contribution in [2.24, 2.45) is 0 Å². The van der Waals surface area contributed by atoms with Crippen molar-refractivity contribution in [3.05, 3.63) is 64.4 Å². The van der Waals surface area contributed by atoms with Crippen LogP contribution in [0.4, 0.5) is 0 Å². The van der Waals surface area contributed by atoms with Gasteiger partial charge in [0.05, 0.1) is 10.6 Å². The van der Waals surface area contributed by atoms with Crippen LogP contribution >= 0.6 is 11.6 Å². The molecule has 1 saturated carbocycles. The molecule has 3 nitrogen and oxygen atoms in total. The van der Waals surface area contributed by atoms with Crippen LogP contribution in [0.5, 0.6) is 0 Å². The Bertz CT molecular complexity index is 803. The molecule has 0 radical (unpaired) electrons. The fourth-order valence-electron chi connectivity index (χ4n) is 5.25. The highest BCUT2D eigenvalue weighted by Crippen LogP contribution is 2.50. The summed E-state index contributed by atoms with van der Waals surface area (Å²) >= 11 is 6.06. The van der Waals surface area contributed by atoms with Crippen molar-refractivity contribution < 1.29 is 4.74 Å². The first kappa shape index (κ1) is 19.9. The molecule has 2 aliphatic rings. The Kier molecular flexibility index (Phi) is 6.05. The standard InChI is InChI=1S/C24H31ClN2O/c1-19-5-4-6-21(13-19)23(10-12-28-24(18-23)7-2-3-8-24)9-11-26-15-20-14-22(25)17-27-16-20/h4-6,13-14,16-17,26H,2-3,7-12,15,18H2,1H3/t23-/m1/s1. The van der Waals surface area contributed by atoms with E-state index in [1.807, 2.05) is 12.3 Å². The number of nitrogens with zero attached hydrogens (tertiary/aromatic N) is 1. The molecular formula is C24H31ClN2O. The summed E-state index contributed by atoms with van der Waals surface area (Å²) in [6.45, 7) is 4.87. The first-order chi connectivity index (χ1) is 13.6. The third-order valence-corrected chi connectivity index (χ3v) is 6.87. The third kappa shape index (κ3) is 4.42. The quantitative estimate of drug-likeness (QED) is 0.644. The van der Waals surface area contributed by atoms with E-state index < -0.39 is 0 Å². The van der Waals surface area contributed by atoms with Gasteiger partial charge >= 0.3 is 0 Å². The molecule has 1 aromatic carbocycles. The second-order valence-electron chi connectivity index (χ2n) is 8.75. The molecule has 150 valence electrons. The van der Waals surface area contributed by atoms with Crippen LogP contribution in [0.2, 0.25) is 5.02 Å². The monoisotopic (exact) mass is 398 g/mol. The molecule has 0 bridgehead atoms. The number of hydrogen-bond donors (Lipinski definition) is 1. The van der Waals surface area contributed by atoms with Crippen molar-refractivity contribution in [3.8, 4) is 0 Å². The van der Waals surface area contributed by atoms with Gasteiger partial charge in [-0.3, -0.25) is 4.98 Å². The summed E-state index contributed by atoms with van der Waals surface area (Å²) in [6, 6.07) is 11.1. The number of aryl methyl sites for hydroxylation is 1. The third-order valence-electron chi connectivity index (χ3n) is 6.67. The van der Waals surface area contributed by atoms with E-state index >= 15 is 0 Å². The topological polar surface area (TPSA) is 34.2 Å². The van der Waals surface area contributed by atoms with Crippen molar-refractivity contribution in [2.75, 3.05) is 13.2 Å². The lowest BCUT2D eigenvalue weighted by Crippen LogP contribution is -2.47. The zero-order chi connectivity index (χ0) is 19.5. The van der Waals surface area contributed by atoms with Crippen LogP contribution in [0, 0.1) is 6.92 Å². The fourth-order valence-corrected chi connectivity index (χ4v) is 5.45. The lowest BCUT2D eigenvalue weighted by atomic mass is 9.66. The molecule has 28 heavy (non-hydrogen) atoms. The second kappa shape index (κ2) is 8.52. The van der Waals surface area contributed by atoms with Gasteiger partial charge in [0.2, 0.25) is 0 Å². The Morgan fingerprint density at radius 1 is 1.14 bits per heavy atom. The summed E-state index contributed by atoms with van der Waals surface area (Å²) in [5, 5.41) is 4.32. The van der Waals surface area contributed by atoms with Crippen LogP contribution in [0.25, 0.3) is 0 Å². The van der Waals surface area contributed by atoms with Crippen LogP contribution in [-0.2, 0) is 16.7 Å². The summed E-state index contributed by atoms with van der Waals surface area (Å²) in [5.41, 5.74) is 4.29. The largest absolute Gasteiger partial charge is 0.375 e. The van der Waals surface area contributed by atoms with Gasteiger partial charge in [0.1, 0.15) is 0 Å². The summed E-state index contributed by atoms with van der Waals surface area (Å²) in [7, 11) is 0. The lowest BCUT2D eigenvalue weighted by Gasteiger charge is -2.47. The van der Waals surface area contributed by atoms with Crippen molar-refractivity contribution in [3.63, 3.8) is 0 Å². The number of halogens is 1. The molecule has 1 N–H and O–H groups in total. The zero-order valence-electron chi connectivity index (χ0n) is 16.8. The van der Waals surface area contributed by atoms with E-state index in [-0.39, 0.29) is 11.0 Å². The molecule has 0 amide bonds. The summed E-state index contributed by atoms with van der Waals surface area (Å²) in [4.78, 5) is 4.18. The van der Waals surface area contributed by atoms with Crippen LogP contribution in [0.15, 0.2) is 42.7 Å². The van der Waals surface area contributed by atoms with Gasteiger partial charge in [-0.2, -0.15) is 0 Å². The van der Waals surface area contributed by atoms with E-state index in [1.54, 1.807) is 6.20 Å². The Morgan fingerprint density at radius 3 is 2.79 bits per heavy atom. The van der Waals surface area contributed by atoms with Gasteiger partial charge in [-0.25, -0.2) is 0 Å². The smallest absolute Gasteiger partial charge is 0.0691 e. The number of hydrogen-bond acceptors (Lipinski definition) is 3. The SMILES string of the molecule is Cc1cccc([C@]2(CCNCc3cncc(Cl)c3)CCOC3(CCCC3)C2)c1. The Morgan fingerprint density at radius 2 is 2.00 bits per heavy atom. The molecule has 0 unspecified atom stereocenters. The molecule has 1 aromatic heterocycles. The van der Waals surface area contributed by atoms with Gasteiger partial charge in [0, 0.05) is 31.0 Å². The molecule has 1 saturated heterocycles. The zero-order valence-corrected chi connectivity index (χ0v) is 17.6. The number of rotatable bonds is 6. The molecule has 1 aliphatic heterocycles. The Hall–Kier alpha value is -1.42. The minimum atomic E-state index is 0.110. The molecule has 2 fully saturated rings. The molecule has 2 heterocycles. The highest BCUT2D eigenvalue weighted by Gasteiger charge is 2.47. The van der Waals surface area contributed by atoms with E-state index in [0.29, 0.717) is 5.02 Å². The van der Waals surface area contributed by atoms with Gasteiger partial charge in [-0.05, 0) is 62.8 Å². The average Bonchev–Trinajstić information content (AvgIpc) is 3.13. The Labute approximate surface area is 173 Å². The van der Waals surface area contributed by atoms with Crippen LogP contribution in [-0.4, -0.2) is 23.7 Å². The van der Waals surface area contributed by atoms with Crippen molar-refractivity contribution in [1.82, 2.24) is 10.3 Å². The van der Waals surface area contributed by atoms with Gasteiger partial charge in [0.25, 0.3) is 0 Å². The highest BCUT2D eigenvalue weighted by atomic mass is 35.5. The van der Waals surface area contributed by atoms with E-state index in [9.17, 15) is 0 Å². The molecule has 1 atom stereocenters. The van der Waals surface area contributed by atoms with Gasteiger partial charge < -0.3 is 10.1 Å². The molecule has 1 aliphatic carbocycles. The maximum atomic E-state index is 6.38. The molecule has 2 aromatic rings. The molecule has 4 heteroatoms. The van der Waals surface area contributed by atoms with Crippen molar-refractivity contribution in [1.29, 1.82) is 0 Å². The number of benzene rings is 1. The number of ether oxygens (including phenoxy) is 1. The lowest BCUT2D eigenvalue weighted by molar-refractivity contribution is -0.103. The van der Waals surface area contributed by atoms with E-state index in [2.05, 4.69) is 41.5 Å². The molecule has 1 spiro atoms. The predicted octanol–water partition coefficient (Wildman–Crippen LogP) is 5.58. The summed E-state index contributed by atoms with van der Waals surface area (Å²) in [5.74, 6) is 0. The first-order valence-electron chi connectivity index (χ1n) is 10.6. The Balaban J connectivity index is 1.48. The predicted molar refractivity (Wildman–Crippen MR) is 115 cm³/mol. The van der Waals surface area contributed by atoms with Crippen LogP contribution < -0.4 is 5.32 Å². The van der Waals surface area contributed by atoms with Crippen LogP contribution in [0.3, 0.4) is 0 Å². The molecule has 4 rings (SSSR count). The maximum absolute atomic E-state index is 6.38. The minimum Gasteiger partial charge on any atom is -0.375 e. The van der Waals surface area contributed by atoms with Gasteiger partial charge in [0.15, 0.2) is 0 Å². The van der Waals surface area contributed by atoms with E-state index in [4.69, 9.17) is 16.3 Å². The first-order valence-corrected chi connectivity index (χ1v) is 11.0. The average molecular weight is 399 g/mol. The van der Waals surface area contributed by atoms with Gasteiger partial charge in [-0.15, -0.1) is 0 Å². The maximum Gasteiger partial charge on any atom is 0.0691 e. The highest BCUT2D eigenvalue weighted by molar-refractivity contribution is 6.30. The second-order valence-corrected chi connectivity index (χ2v) is 9.19. The van der Waals surface area contributed by atoms with Crippen LogP contribution in [0.1, 0.15) is 61.6 Å². The van der Waals surface area contributed by atoms with E-state index in [0.717, 1.165) is 44.5 Å². The minimum absolute atomic E-state index is 0.110. The van der Waals surface area contributed by atoms with Crippen molar-refractivity contribution in [2.45, 2.75) is 69.4 Å². The molecular weight excluding hydrogens is 368 g/mol. The number of pyridine rings is 1. The van der Waals surface area contributed by atoms with Gasteiger partial charge in [-0.1, -0.05) is 54.3 Å². The van der Waals surface area contributed by atoms with Crippen molar-refractivity contribution >= 4 is 11.6 Å². The number of nitrogens with one attached hydrogen (secondary N) is 1. The summed E-state index contributed by atoms with van der Waals surface area (Å²) in [6.07, 6.45) is 12.0. The normalized spacial score (nSPS) is 23.9. The fraction of sp³-hybridized carbons (Fsp3) is 0.542.